The van der Waals surface area contributed by atoms with E-state index in [1.807, 2.05) is 13.0 Å². The number of nitrogens with one attached hydrogen (secondary N) is 1. The van der Waals surface area contributed by atoms with Gasteiger partial charge in [0.05, 0.1) is 40.1 Å². The molecule has 1 aliphatic rings. The van der Waals surface area contributed by atoms with E-state index in [2.05, 4.69) is 5.32 Å². The van der Waals surface area contributed by atoms with Gasteiger partial charge in [0.25, 0.3) is 5.91 Å². The van der Waals surface area contributed by atoms with Crippen LogP contribution in [0.1, 0.15) is 28.8 Å². The second-order valence-electron chi connectivity index (χ2n) is 7.03. The first-order valence-corrected chi connectivity index (χ1v) is 10.9. The lowest BCUT2D eigenvalue weighted by molar-refractivity contribution is 0.0526. The number of hydrogen-bond acceptors (Lipinski definition) is 5. The van der Waals surface area contributed by atoms with E-state index in [1.54, 1.807) is 12.1 Å². The molecule has 150 valence electrons. The number of aliphatic hydroxyl groups is 1. The standard InChI is InChI=1S/C20H22ClNO5S/c1-12-4-3-5-17(19(12)21)22-20(24)16-10-15(6-7-18(16)27-2)28(25,26)11-13-8-14(23)9-13/h3-7,10,13-14,23H,8-9,11H2,1-2H3,(H,22,24). The van der Waals surface area contributed by atoms with Crippen LogP contribution in [0.3, 0.4) is 0 Å². The Labute approximate surface area is 169 Å². The van der Waals surface area contributed by atoms with E-state index in [1.165, 1.54) is 25.3 Å². The Balaban J connectivity index is 1.88. The van der Waals surface area contributed by atoms with E-state index in [9.17, 15) is 18.3 Å². The number of methoxy groups -OCH3 is 1. The summed E-state index contributed by atoms with van der Waals surface area (Å²) < 4.78 is 30.6. The van der Waals surface area contributed by atoms with Crippen LogP contribution < -0.4 is 10.1 Å². The third-order valence-electron chi connectivity index (χ3n) is 4.88. The maximum Gasteiger partial charge on any atom is 0.259 e. The average molecular weight is 424 g/mol. The van der Waals surface area contributed by atoms with Gasteiger partial charge in [-0.05, 0) is 55.5 Å². The Kier molecular flexibility index (Phi) is 5.98. The minimum atomic E-state index is -3.59. The van der Waals surface area contributed by atoms with Crippen LogP contribution >= 0.6 is 11.6 Å². The molecule has 2 N–H and O–H groups in total. The molecule has 6 nitrogen and oxygen atoms in total. The number of amides is 1. The van der Waals surface area contributed by atoms with E-state index in [0.29, 0.717) is 23.6 Å². The van der Waals surface area contributed by atoms with Crippen molar-refractivity contribution in [2.75, 3.05) is 18.2 Å². The predicted octanol–water partition coefficient (Wildman–Crippen LogP) is 3.45. The summed E-state index contributed by atoms with van der Waals surface area (Å²) >= 11 is 6.23. The molecule has 0 spiro atoms. The normalized spacial score (nSPS) is 19.0. The Morgan fingerprint density at radius 2 is 2.00 bits per heavy atom. The Morgan fingerprint density at radius 3 is 2.64 bits per heavy atom. The van der Waals surface area contributed by atoms with Crippen LogP contribution in [0.15, 0.2) is 41.3 Å². The van der Waals surface area contributed by atoms with Gasteiger partial charge in [0.15, 0.2) is 9.84 Å². The zero-order valence-corrected chi connectivity index (χ0v) is 17.2. The number of benzene rings is 2. The summed E-state index contributed by atoms with van der Waals surface area (Å²) in [6.45, 7) is 1.82. The average Bonchev–Trinajstić information content (AvgIpc) is 2.63. The number of hydrogen-bond donors (Lipinski definition) is 2. The van der Waals surface area contributed by atoms with Gasteiger partial charge in [0, 0.05) is 0 Å². The van der Waals surface area contributed by atoms with Crippen LogP contribution in [0.25, 0.3) is 0 Å². The lowest BCUT2D eigenvalue weighted by Crippen LogP contribution is -2.33. The Hall–Kier alpha value is -2.09. The second kappa shape index (κ2) is 8.11. The number of carbonyl (C=O) groups is 1. The third kappa shape index (κ3) is 4.32. The molecule has 0 aliphatic heterocycles. The van der Waals surface area contributed by atoms with Crippen LogP contribution in [-0.4, -0.2) is 38.4 Å². The highest BCUT2D eigenvalue weighted by atomic mass is 35.5. The van der Waals surface area contributed by atoms with Crippen LogP contribution in [0.2, 0.25) is 5.02 Å². The van der Waals surface area contributed by atoms with E-state index in [-0.39, 0.29) is 27.9 Å². The molecule has 28 heavy (non-hydrogen) atoms. The van der Waals surface area contributed by atoms with E-state index in [4.69, 9.17) is 16.3 Å². The fourth-order valence-corrected chi connectivity index (χ4v) is 5.07. The van der Waals surface area contributed by atoms with Crippen LogP contribution in [-0.2, 0) is 9.84 Å². The number of ether oxygens (including phenoxy) is 1. The topological polar surface area (TPSA) is 92.7 Å². The molecule has 0 unspecified atom stereocenters. The SMILES string of the molecule is COc1ccc(S(=O)(=O)CC2CC(O)C2)cc1C(=O)Nc1cccc(C)c1Cl. The molecular formula is C20H22ClNO5S. The first kappa shape index (κ1) is 20.6. The monoisotopic (exact) mass is 423 g/mol. The number of carbonyl (C=O) groups excluding carboxylic acids is 1. The quantitative estimate of drug-likeness (QED) is 0.742. The highest BCUT2D eigenvalue weighted by Gasteiger charge is 2.32. The van der Waals surface area contributed by atoms with Gasteiger partial charge in [-0.3, -0.25) is 4.79 Å². The van der Waals surface area contributed by atoms with Gasteiger partial charge in [-0.1, -0.05) is 23.7 Å². The summed E-state index contributed by atoms with van der Waals surface area (Å²) in [4.78, 5) is 12.8. The van der Waals surface area contributed by atoms with Crippen LogP contribution in [0.5, 0.6) is 5.75 Å². The van der Waals surface area contributed by atoms with Gasteiger partial charge >= 0.3 is 0 Å². The summed E-state index contributed by atoms with van der Waals surface area (Å²) in [5.41, 5.74) is 1.35. The molecule has 0 atom stereocenters. The number of sulfone groups is 1. The Morgan fingerprint density at radius 1 is 1.29 bits per heavy atom. The van der Waals surface area contributed by atoms with Crippen molar-refractivity contribution in [3.63, 3.8) is 0 Å². The van der Waals surface area contributed by atoms with Gasteiger partial charge in [-0.15, -0.1) is 0 Å². The fraction of sp³-hybridized carbons (Fsp3) is 0.350. The first-order valence-electron chi connectivity index (χ1n) is 8.86. The minimum Gasteiger partial charge on any atom is -0.496 e. The third-order valence-corrected chi connectivity index (χ3v) is 7.26. The zero-order valence-electron chi connectivity index (χ0n) is 15.6. The first-order chi connectivity index (χ1) is 13.2. The van der Waals surface area contributed by atoms with Gasteiger partial charge in [0.2, 0.25) is 0 Å². The van der Waals surface area contributed by atoms with Crippen molar-refractivity contribution in [3.05, 3.63) is 52.5 Å². The molecule has 1 aliphatic carbocycles. The highest BCUT2D eigenvalue weighted by Crippen LogP contribution is 2.32. The maximum atomic E-state index is 12.8. The fourth-order valence-electron chi connectivity index (χ4n) is 3.23. The van der Waals surface area contributed by atoms with Crippen molar-refractivity contribution in [3.8, 4) is 5.75 Å². The van der Waals surface area contributed by atoms with E-state index < -0.39 is 21.8 Å². The van der Waals surface area contributed by atoms with Crippen molar-refractivity contribution in [2.24, 2.45) is 5.92 Å². The van der Waals surface area contributed by atoms with Gasteiger partial charge in [0.1, 0.15) is 5.75 Å². The Bertz CT molecular complexity index is 1000. The molecule has 0 bridgehead atoms. The molecule has 0 radical (unpaired) electrons. The molecular weight excluding hydrogens is 402 g/mol. The number of halogens is 1. The zero-order chi connectivity index (χ0) is 20.5. The van der Waals surface area contributed by atoms with Crippen molar-refractivity contribution >= 4 is 33.0 Å². The number of aryl methyl sites for hydroxylation is 1. The largest absolute Gasteiger partial charge is 0.496 e. The van der Waals surface area contributed by atoms with E-state index in [0.717, 1.165) is 5.56 Å². The number of anilines is 1. The van der Waals surface area contributed by atoms with Gasteiger partial charge < -0.3 is 15.2 Å². The lowest BCUT2D eigenvalue weighted by atomic mass is 9.84. The maximum absolute atomic E-state index is 12.8. The summed E-state index contributed by atoms with van der Waals surface area (Å²) in [6.07, 6.45) is 0.542. The smallest absolute Gasteiger partial charge is 0.259 e. The summed E-state index contributed by atoms with van der Waals surface area (Å²) in [7, 11) is -2.17. The lowest BCUT2D eigenvalue weighted by Gasteiger charge is -2.30. The molecule has 2 aromatic carbocycles. The van der Waals surface area contributed by atoms with Crippen LogP contribution in [0.4, 0.5) is 5.69 Å². The predicted molar refractivity (Wildman–Crippen MR) is 108 cm³/mol. The molecule has 2 aromatic rings. The molecule has 3 rings (SSSR count). The van der Waals surface area contributed by atoms with Gasteiger partial charge in [-0.25, -0.2) is 8.42 Å². The minimum absolute atomic E-state index is 0.0511. The number of rotatable bonds is 6. The molecule has 1 amide bonds. The summed E-state index contributed by atoms with van der Waals surface area (Å²) in [5, 5.41) is 12.5. The highest BCUT2D eigenvalue weighted by molar-refractivity contribution is 7.91. The van der Waals surface area contributed by atoms with Crippen molar-refractivity contribution in [1.82, 2.24) is 0 Å². The van der Waals surface area contributed by atoms with Crippen molar-refractivity contribution in [2.45, 2.75) is 30.8 Å². The number of aliphatic hydroxyl groups excluding tert-OH is 1. The van der Waals surface area contributed by atoms with E-state index >= 15 is 0 Å². The van der Waals surface area contributed by atoms with Crippen molar-refractivity contribution < 1.29 is 23.1 Å². The van der Waals surface area contributed by atoms with Crippen LogP contribution in [0, 0.1) is 12.8 Å². The molecule has 0 heterocycles. The summed E-state index contributed by atoms with van der Waals surface area (Å²) in [6, 6.07) is 9.48. The molecule has 0 aromatic heterocycles. The molecule has 1 saturated carbocycles. The molecule has 0 saturated heterocycles. The second-order valence-corrected chi connectivity index (χ2v) is 9.44. The molecule has 1 fully saturated rings. The van der Waals surface area contributed by atoms with Gasteiger partial charge in [-0.2, -0.15) is 0 Å². The van der Waals surface area contributed by atoms with Crippen molar-refractivity contribution in [1.29, 1.82) is 0 Å². The summed E-state index contributed by atoms with van der Waals surface area (Å²) in [5.74, 6) is -0.369. The molecule has 8 heteroatoms.